The van der Waals surface area contributed by atoms with E-state index in [1.165, 1.54) is 9.13 Å². The standard InChI is InChI=1S/C8H9IO/c1-6-4-3-5-7(9)8(6)10-2/h3-5H,1-2H3. The first-order chi connectivity index (χ1) is 4.75. The topological polar surface area (TPSA) is 9.23 Å². The molecule has 0 aromatic heterocycles. The van der Waals surface area contributed by atoms with Crippen LogP contribution in [0.15, 0.2) is 18.2 Å². The Morgan fingerprint density at radius 1 is 1.40 bits per heavy atom. The molecule has 0 spiro atoms. The van der Waals surface area contributed by atoms with Crippen LogP contribution in [0, 0.1) is 10.5 Å². The first kappa shape index (κ1) is 7.85. The molecule has 0 saturated heterocycles. The summed E-state index contributed by atoms with van der Waals surface area (Å²) in [5.41, 5.74) is 1.19. The summed E-state index contributed by atoms with van der Waals surface area (Å²) in [5.74, 6) is 0.989. The van der Waals surface area contributed by atoms with E-state index >= 15 is 0 Å². The maximum Gasteiger partial charge on any atom is 0.135 e. The molecule has 0 unspecified atom stereocenters. The molecule has 2 heteroatoms. The van der Waals surface area contributed by atoms with Crippen molar-refractivity contribution < 1.29 is 4.74 Å². The third kappa shape index (κ3) is 1.42. The number of hydrogen-bond acceptors (Lipinski definition) is 1. The van der Waals surface area contributed by atoms with Crippen LogP contribution in [0.1, 0.15) is 5.56 Å². The van der Waals surface area contributed by atoms with Crippen molar-refractivity contribution in [2.75, 3.05) is 7.11 Å². The molecule has 1 rings (SSSR count). The molecule has 10 heavy (non-hydrogen) atoms. The smallest absolute Gasteiger partial charge is 0.135 e. The highest BCUT2D eigenvalue weighted by molar-refractivity contribution is 14.1. The summed E-state index contributed by atoms with van der Waals surface area (Å²) in [5, 5.41) is 0. The zero-order valence-electron chi connectivity index (χ0n) is 6.02. The van der Waals surface area contributed by atoms with E-state index in [0.29, 0.717) is 0 Å². The fourth-order valence-corrected chi connectivity index (χ4v) is 1.73. The molecule has 0 N–H and O–H groups in total. The number of hydrogen-bond donors (Lipinski definition) is 0. The molecule has 1 nitrogen and oxygen atoms in total. The van der Waals surface area contributed by atoms with Gasteiger partial charge in [0.15, 0.2) is 0 Å². The summed E-state index contributed by atoms with van der Waals surface area (Å²) in [7, 11) is 1.70. The Labute approximate surface area is 74.5 Å². The van der Waals surface area contributed by atoms with Crippen molar-refractivity contribution in [3.63, 3.8) is 0 Å². The minimum Gasteiger partial charge on any atom is -0.495 e. The van der Waals surface area contributed by atoms with Gasteiger partial charge >= 0.3 is 0 Å². The maximum absolute atomic E-state index is 5.17. The number of rotatable bonds is 1. The summed E-state index contributed by atoms with van der Waals surface area (Å²) in [6.07, 6.45) is 0. The van der Waals surface area contributed by atoms with Gasteiger partial charge in [0.1, 0.15) is 5.75 Å². The fraction of sp³-hybridized carbons (Fsp3) is 0.250. The van der Waals surface area contributed by atoms with Crippen LogP contribution < -0.4 is 4.74 Å². The average Bonchev–Trinajstić information content (AvgIpc) is 1.88. The molecule has 0 fully saturated rings. The van der Waals surface area contributed by atoms with Crippen LogP contribution in [0.5, 0.6) is 5.75 Å². The largest absolute Gasteiger partial charge is 0.495 e. The number of aryl methyl sites for hydroxylation is 1. The molecule has 0 saturated carbocycles. The second-order valence-electron chi connectivity index (χ2n) is 2.09. The van der Waals surface area contributed by atoms with Crippen molar-refractivity contribution in [2.24, 2.45) is 0 Å². The molecule has 0 bridgehead atoms. The Morgan fingerprint density at radius 3 is 2.50 bits per heavy atom. The van der Waals surface area contributed by atoms with E-state index < -0.39 is 0 Å². The van der Waals surface area contributed by atoms with E-state index in [-0.39, 0.29) is 0 Å². The third-order valence-electron chi connectivity index (χ3n) is 1.37. The van der Waals surface area contributed by atoms with Gasteiger partial charge < -0.3 is 4.74 Å². The van der Waals surface area contributed by atoms with E-state index in [0.717, 1.165) is 5.75 Å². The van der Waals surface area contributed by atoms with E-state index in [2.05, 4.69) is 22.6 Å². The maximum atomic E-state index is 5.17. The first-order valence-electron chi connectivity index (χ1n) is 3.05. The highest BCUT2D eigenvalue weighted by Crippen LogP contribution is 2.23. The molecule has 0 aliphatic heterocycles. The Bertz CT molecular complexity index is 212. The van der Waals surface area contributed by atoms with Crippen LogP contribution in [-0.2, 0) is 0 Å². The predicted octanol–water partition coefficient (Wildman–Crippen LogP) is 2.61. The summed E-state index contributed by atoms with van der Waals surface area (Å²) < 4.78 is 6.34. The van der Waals surface area contributed by atoms with Crippen LogP contribution in [0.3, 0.4) is 0 Å². The average molecular weight is 248 g/mol. The molecule has 0 heterocycles. The monoisotopic (exact) mass is 248 g/mol. The van der Waals surface area contributed by atoms with Crippen molar-refractivity contribution in [1.82, 2.24) is 0 Å². The predicted molar refractivity (Wildman–Crippen MR) is 50.4 cm³/mol. The molecule has 0 atom stereocenters. The second-order valence-corrected chi connectivity index (χ2v) is 3.25. The molecule has 1 aromatic rings. The van der Waals surface area contributed by atoms with Gasteiger partial charge in [-0.25, -0.2) is 0 Å². The van der Waals surface area contributed by atoms with Gasteiger partial charge in [-0.3, -0.25) is 0 Å². The van der Waals surface area contributed by atoms with E-state index in [1.54, 1.807) is 7.11 Å². The summed E-state index contributed by atoms with van der Waals surface area (Å²) in [6, 6.07) is 6.10. The van der Waals surface area contributed by atoms with Crippen molar-refractivity contribution in [3.05, 3.63) is 27.3 Å². The zero-order valence-corrected chi connectivity index (χ0v) is 8.18. The SMILES string of the molecule is COc1c(C)cccc1I. The molecule has 0 aliphatic rings. The molecular weight excluding hydrogens is 239 g/mol. The van der Waals surface area contributed by atoms with Gasteiger partial charge in [0, 0.05) is 0 Å². The van der Waals surface area contributed by atoms with Crippen LogP contribution in [-0.4, -0.2) is 7.11 Å². The zero-order chi connectivity index (χ0) is 7.56. The minimum absolute atomic E-state index is 0.989. The molecule has 1 aromatic carbocycles. The lowest BCUT2D eigenvalue weighted by Crippen LogP contribution is -1.88. The van der Waals surface area contributed by atoms with Gasteiger partial charge in [0.25, 0.3) is 0 Å². The quantitative estimate of drug-likeness (QED) is 0.694. The van der Waals surface area contributed by atoms with Crippen LogP contribution in [0.2, 0.25) is 0 Å². The molecule has 54 valence electrons. The van der Waals surface area contributed by atoms with Crippen LogP contribution >= 0.6 is 22.6 Å². The van der Waals surface area contributed by atoms with Crippen molar-refractivity contribution in [3.8, 4) is 5.75 Å². The summed E-state index contributed by atoms with van der Waals surface area (Å²) in [6.45, 7) is 2.04. The first-order valence-corrected chi connectivity index (χ1v) is 4.12. The van der Waals surface area contributed by atoms with Gasteiger partial charge in [-0.15, -0.1) is 0 Å². The van der Waals surface area contributed by atoms with Crippen molar-refractivity contribution in [2.45, 2.75) is 6.92 Å². The highest BCUT2D eigenvalue weighted by Gasteiger charge is 1.99. The Balaban J connectivity index is 3.17. The number of halogens is 1. The summed E-state index contributed by atoms with van der Waals surface area (Å²) >= 11 is 2.26. The molecule has 0 aliphatic carbocycles. The number of methoxy groups -OCH3 is 1. The third-order valence-corrected chi connectivity index (χ3v) is 2.22. The Morgan fingerprint density at radius 2 is 2.10 bits per heavy atom. The number of para-hydroxylation sites is 1. The molecular formula is C8H9IO. The number of benzene rings is 1. The second kappa shape index (κ2) is 3.23. The lowest BCUT2D eigenvalue weighted by molar-refractivity contribution is 0.408. The fourth-order valence-electron chi connectivity index (χ4n) is 0.875. The Kier molecular flexibility index (Phi) is 2.54. The van der Waals surface area contributed by atoms with Gasteiger partial charge in [0.05, 0.1) is 10.7 Å². The van der Waals surface area contributed by atoms with Crippen LogP contribution in [0.25, 0.3) is 0 Å². The molecule has 0 amide bonds. The minimum atomic E-state index is 0.989. The highest BCUT2D eigenvalue weighted by atomic mass is 127. The lowest BCUT2D eigenvalue weighted by Gasteiger charge is -2.04. The normalized spacial score (nSPS) is 9.50. The molecule has 0 radical (unpaired) electrons. The van der Waals surface area contributed by atoms with Gasteiger partial charge in [0.2, 0.25) is 0 Å². The van der Waals surface area contributed by atoms with Gasteiger partial charge in [-0.1, -0.05) is 12.1 Å². The van der Waals surface area contributed by atoms with Crippen LogP contribution in [0.4, 0.5) is 0 Å². The van der Waals surface area contributed by atoms with E-state index in [1.807, 2.05) is 25.1 Å². The van der Waals surface area contributed by atoms with Crippen molar-refractivity contribution >= 4 is 22.6 Å². The van der Waals surface area contributed by atoms with Crippen molar-refractivity contribution in [1.29, 1.82) is 0 Å². The number of ether oxygens (including phenoxy) is 1. The van der Waals surface area contributed by atoms with E-state index in [4.69, 9.17) is 4.74 Å². The van der Waals surface area contributed by atoms with Gasteiger partial charge in [-0.05, 0) is 41.1 Å². The lowest BCUT2D eigenvalue weighted by atomic mass is 10.2. The van der Waals surface area contributed by atoms with E-state index in [9.17, 15) is 0 Å². The van der Waals surface area contributed by atoms with Gasteiger partial charge in [-0.2, -0.15) is 0 Å². The Hall–Kier alpha value is -0.250. The summed E-state index contributed by atoms with van der Waals surface area (Å²) in [4.78, 5) is 0.